The average Bonchev–Trinajstić information content (AvgIpc) is 3.51. The molecule has 0 radical (unpaired) electrons. The number of anilines is 1. The maximum absolute atomic E-state index is 13.7. The van der Waals surface area contributed by atoms with Crippen LogP contribution >= 0.6 is 0 Å². The number of aryl methyl sites for hydroxylation is 3. The van der Waals surface area contributed by atoms with Crippen LogP contribution in [0.5, 0.6) is 0 Å². The number of benzene rings is 2. The van der Waals surface area contributed by atoms with Crippen LogP contribution in [0.25, 0.3) is 17.1 Å². The summed E-state index contributed by atoms with van der Waals surface area (Å²) >= 11 is 0. The Bertz CT molecular complexity index is 1280. The second-order valence-corrected chi connectivity index (χ2v) is 8.66. The van der Waals surface area contributed by atoms with Crippen molar-refractivity contribution in [3.63, 3.8) is 0 Å². The topological polar surface area (TPSA) is 54.5 Å². The molecule has 0 N–H and O–H groups in total. The number of rotatable bonds is 4. The summed E-state index contributed by atoms with van der Waals surface area (Å²) in [5.74, 6) is 0.642. The van der Waals surface area contributed by atoms with Gasteiger partial charge in [-0.2, -0.15) is 5.10 Å². The number of carbonyl (C=O) groups is 1. The first kappa shape index (κ1) is 21.1. The molecule has 2 aromatic heterocycles. The molecule has 1 aliphatic rings. The second-order valence-electron chi connectivity index (χ2n) is 8.66. The molecule has 33 heavy (non-hydrogen) atoms. The van der Waals surface area contributed by atoms with E-state index in [1.165, 1.54) is 11.3 Å². The van der Waals surface area contributed by atoms with Gasteiger partial charge in [0.2, 0.25) is 0 Å². The molecule has 1 aliphatic heterocycles. The van der Waals surface area contributed by atoms with Crippen LogP contribution < -0.4 is 4.90 Å². The number of carbonyl (C=O) groups excluding carboxylic acids is 1. The lowest BCUT2D eigenvalue weighted by atomic mass is 10.1. The van der Waals surface area contributed by atoms with E-state index in [0.717, 1.165) is 29.9 Å². The van der Waals surface area contributed by atoms with Gasteiger partial charge in [-0.05, 0) is 61.7 Å². The van der Waals surface area contributed by atoms with Crippen molar-refractivity contribution in [1.82, 2.24) is 14.7 Å². The molecule has 168 valence electrons. The minimum absolute atomic E-state index is 0.00866. The average molecular weight is 441 g/mol. The van der Waals surface area contributed by atoms with Crippen molar-refractivity contribution in [2.24, 2.45) is 0 Å². The van der Waals surface area contributed by atoms with Gasteiger partial charge in [-0.15, -0.1) is 0 Å². The standard InChI is InChI=1S/C27H28N4O2/c1-19-10-11-21(3)24(17-19)31-25(18-22(28-31)26-9-6-16-33-26)27(32)30-14-12-29(13-15-30)23-8-5-4-7-20(23)2/h4-11,16-18H,12-15H2,1-3H3. The molecule has 4 aromatic rings. The van der Waals surface area contributed by atoms with Gasteiger partial charge in [0.15, 0.2) is 5.76 Å². The van der Waals surface area contributed by atoms with E-state index in [9.17, 15) is 4.79 Å². The number of furan rings is 1. The Morgan fingerprint density at radius 3 is 2.33 bits per heavy atom. The van der Waals surface area contributed by atoms with Crippen LogP contribution in [0.3, 0.4) is 0 Å². The van der Waals surface area contributed by atoms with Crippen molar-refractivity contribution in [3.05, 3.63) is 89.3 Å². The van der Waals surface area contributed by atoms with E-state index < -0.39 is 0 Å². The summed E-state index contributed by atoms with van der Waals surface area (Å²) in [4.78, 5) is 18.0. The Morgan fingerprint density at radius 2 is 1.61 bits per heavy atom. The molecule has 0 saturated carbocycles. The molecule has 0 bridgehead atoms. The van der Waals surface area contributed by atoms with E-state index in [-0.39, 0.29) is 5.91 Å². The predicted molar refractivity (Wildman–Crippen MR) is 130 cm³/mol. The van der Waals surface area contributed by atoms with Crippen LogP contribution in [0.4, 0.5) is 5.69 Å². The van der Waals surface area contributed by atoms with Crippen LogP contribution in [-0.4, -0.2) is 46.8 Å². The highest BCUT2D eigenvalue weighted by atomic mass is 16.3. The second kappa shape index (κ2) is 8.62. The van der Waals surface area contributed by atoms with Crippen LogP contribution in [0.1, 0.15) is 27.2 Å². The largest absolute Gasteiger partial charge is 0.463 e. The fourth-order valence-electron chi connectivity index (χ4n) is 4.44. The first-order valence-electron chi connectivity index (χ1n) is 11.3. The normalized spacial score (nSPS) is 14.0. The molecule has 5 rings (SSSR count). The Balaban J connectivity index is 1.45. The summed E-state index contributed by atoms with van der Waals surface area (Å²) in [5.41, 5.74) is 6.81. The van der Waals surface area contributed by atoms with Crippen molar-refractivity contribution in [1.29, 1.82) is 0 Å². The minimum atomic E-state index is -0.00866. The van der Waals surface area contributed by atoms with Crippen LogP contribution in [0.2, 0.25) is 0 Å². The number of hydrogen-bond donors (Lipinski definition) is 0. The van der Waals surface area contributed by atoms with Crippen molar-refractivity contribution < 1.29 is 9.21 Å². The first-order valence-corrected chi connectivity index (χ1v) is 11.3. The van der Waals surface area contributed by atoms with Gasteiger partial charge in [-0.3, -0.25) is 4.79 Å². The summed E-state index contributed by atoms with van der Waals surface area (Å²) in [6.45, 7) is 9.16. The number of hydrogen-bond acceptors (Lipinski definition) is 4. The SMILES string of the molecule is Cc1ccc(C)c(-n2nc(-c3ccco3)cc2C(=O)N2CCN(c3ccccc3C)CC2)c1. The molecule has 0 spiro atoms. The van der Waals surface area contributed by atoms with E-state index in [1.807, 2.05) is 36.9 Å². The van der Waals surface area contributed by atoms with Crippen LogP contribution in [0.15, 0.2) is 71.3 Å². The Labute approximate surface area is 194 Å². The molecule has 6 heteroatoms. The van der Waals surface area contributed by atoms with Gasteiger partial charge >= 0.3 is 0 Å². The van der Waals surface area contributed by atoms with Gasteiger partial charge in [0.05, 0.1) is 12.0 Å². The van der Waals surface area contributed by atoms with Gasteiger partial charge in [0.25, 0.3) is 5.91 Å². The highest BCUT2D eigenvalue weighted by Gasteiger charge is 2.27. The van der Waals surface area contributed by atoms with E-state index >= 15 is 0 Å². The Morgan fingerprint density at radius 1 is 0.848 bits per heavy atom. The van der Waals surface area contributed by atoms with Crippen LogP contribution in [-0.2, 0) is 0 Å². The molecule has 1 fully saturated rings. The quantitative estimate of drug-likeness (QED) is 0.447. The fourth-order valence-corrected chi connectivity index (χ4v) is 4.44. The molecule has 2 aromatic carbocycles. The van der Waals surface area contributed by atoms with Gasteiger partial charge in [0, 0.05) is 37.9 Å². The highest BCUT2D eigenvalue weighted by Crippen LogP contribution is 2.26. The monoisotopic (exact) mass is 440 g/mol. The Kier molecular flexibility index (Phi) is 5.50. The molecule has 1 saturated heterocycles. The lowest BCUT2D eigenvalue weighted by Crippen LogP contribution is -2.49. The van der Waals surface area contributed by atoms with Gasteiger partial charge in [-0.25, -0.2) is 4.68 Å². The number of aromatic nitrogens is 2. The molecule has 0 aliphatic carbocycles. The van der Waals surface area contributed by atoms with E-state index in [1.54, 1.807) is 10.9 Å². The molecular weight excluding hydrogens is 412 g/mol. The van der Waals surface area contributed by atoms with Gasteiger partial charge in [0.1, 0.15) is 11.4 Å². The fraction of sp³-hybridized carbons (Fsp3) is 0.259. The molecule has 3 heterocycles. The maximum Gasteiger partial charge on any atom is 0.272 e. The molecule has 1 amide bonds. The van der Waals surface area contributed by atoms with Gasteiger partial charge in [-0.1, -0.05) is 30.3 Å². The third-order valence-electron chi connectivity index (χ3n) is 6.32. The number of para-hydroxylation sites is 1. The van der Waals surface area contributed by atoms with Crippen molar-refractivity contribution in [2.45, 2.75) is 20.8 Å². The number of piperazine rings is 1. The smallest absolute Gasteiger partial charge is 0.272 e. The lowest BCUT2D eigenvalue weighted by molar-refractivity contribution is 0.0737. The lowest BCUT2D eigenvalue weighted by Gasteiger charge is -2.36. The van der Waals surface area contributed by atoms with E-state index in [2.05, 4.69) is 54.3 Å². The summed E-state index contributed by atoms with van der Waals surface area (Å²) < 4.78 is 7.34. The maximum atomic E-state index is 13.7. The van der Waals surface area contributed by atoms with Crippen molar-refractivity contribution >= 4 is 11.6 Å². The first-order chi connectivity index (χ1) is 16.0. The number of amides is 1. The minimum Gasteiger partial charge on any atom is -0.463 e. The predicted octanol–water partition coefficient (Wildman–Crippen LogP) is 5.02. The van der Waals surface area contributed by atoms with E-state index in [4.69, 9.17) is 9.52 Å². The van der Waals surface area contributed by atoms with Crippen molar-refractivity contribution in [2.75, 3.05) is 31.1 Å². The molecule has 6 nitrogen and oxygen atoms in total. The summed E-state index contributed by atoms with van der Waals surface area (Å²) in [7, 11) is 0. The number of nitrogens with zero attached hydrogens (tertiary/aromatic N) is 4. The molecular formula is C27H28N4O2. The van der Waals surface area contributed by atoms with Gasteiger partial charge < -0.3 is 14.2 Å². The zero-order chi connectivity index (χ0) is 22.9. The third-order valence-corrected chi connectivity index (χ3v) is 6.32. The highest BCUT2D eigenvalue weighted by molar-refractivity contribution is 5.94. The third kappa shape index (κ3) is 4.04. The zero-order valence-electron chi connectivity index (χ0n) is 19.3. The molecule has 0 atom stereocenters. The summed E-state index contributed by atoms with van der Waals surface area (Å²) in [6.07, 6.45) is 1.62. The summed E-state index contributed by atoms with van der Waals surface area (Å²) in [6, 6.07) is 20.2. The Hall–Kier alpha value is -3.80. The molecule has 0 unspecified atom stereocenters. The van der Waals surface area contributed by atoms with E-state index in [0.29, 0.717) is 30.2 Å². The zero-order valence-corrected chi connectivity index (χ0v) is 19.3. The summed E-state index contributed by atoms with van der Waals surface area (Å²) in [5, 5.41) is 4.78. The van der Waals surface area contributed by atoms with Crippen LogP contribution in [0, 0.1) is 20.8 Å². The van der Waals surface area contributed by atoms with Crippen molar-refractivity contribution in [3.8, 4) is 17.1 Å².